The highest BCUT2D eigenvalue weighted by atomic mass is 19.4. The van der Waals surface area contributed by atoms with Gasteiger partial charge < -0.3 is 9.84 Å². The van der Waals surface area contributed by atoms with Crippen LogP contribution in [0.1, 0.15) is 0 Å². The third-order valence-corrected chi connectivity index (χ3v) is 4.74. The Kier molecular flexibility index (Phi) is 6.20. The monoisotopic (exact) mass is 543 g/mol. The largest absolute Gasteiger partial charge is 0.508 e. The van der Waals surface area contributed by atoms with E-state index in [2.05, 4.69) is 4.74 Å². The van der Waals surface area contributed by atoms with Crippen molar-refractivity contribution in [2.24, 2.45) is 0 Å². The van der Waals surface area contributed by atoms with E-state index in [0.29, 0.717) is 17.7 Å². The minimum Gasteiger partial charge on any atom is -0.508 e. The van der Waals surface area contributed by atoms with E-state index in [1.165, 1.54) is 24.3 Å². The van der Waals surface area contributed by atoms with Crippen LogP contribution in [-0.4, -0.2) is 52.3 Å². The lowest BCUT2D eigenvalue weighted by Gasteiger charge is -2.50. The average molecular weight is 543 g/mol. The molecule has 1 saturated heterocycles. The average Bonchev–Trinajstić information content (AvgIpc) is 2.72. The second-order valence-corrected chi connectivity index (χ2v) is 7.13. The molecule has 5 nitrogen and oxygen atoms in total. The second kappa shape index (κ2) is 8.16. The maximum Gasteiger partial charge on any atom is 0.448 e. The predicted octanol–water partition coefficient (Wildman–Crippen LogP) is 5.90. The summed E-state index contributed by atoms with van der Waals surface area (Å²) in [5.41, 5.74) is 0.584. The van der Waals surface area contributed by atoms with E-state index < -0.39 is 52.9 Å². The first-order valence-corrected chi connectivity index (χ1v) is 9.08. The minimum atomic E-state index is -7.24. The highest BCUT2D eigenvalue weighted by Gasteiger charge is 2.91. The van der Waals surface area contributed by atoms with Crippen LogP contribution in [0.3, 0.4) is 0 Å². The van der Waals surface area contributed by atoms with Gasteiger partial charge in [0.15, 0.2) is 0 Å². The molecule has 0 aromatic heterocycles. The van der Waals surface area contributed by atoms with Crippen molar-refractivity contribution in [3.05, 3.63) is 48.5 Å². The van der Waals surface area contributed by atoms with Gasteiger partial charge in [-0.15, -0.1) is 4.90 Å². The summed E-state index contributed by atoms with van der Waals surface area (Å²) in [5, 5.41) is 9.24. The van der Waals surface area contributed by atoms with Gasteiger partial charge in [0.1, 0.15) is 11.5 Å². The molecule has 1 atom stereocenters. The fraction of sp³-hybridized carbons (Fsp3) is 0.316. The third-order valence-electron chi connectivity index (χ3n) is 4.74. The van der Waals surface area contributed by atoms with Crippen LogP contribution in [0.5, 0.6) is 11.5 Å². The molecular formula is C19H9F12NO4. The smallest absolute Gasteiger partial charge is 0.448 e. The number of rotatable bonds is 4. The van der Waals surface area contributed by atoms with Gasteiger partial charge in [-0.2, -0.15) is 48.3 Å². The van der Waals surface area contributed by atoms with E-state index in [9.17, 15) is 62.6 Å². The van der Waals surface area contributed by atoms with Crippen LogP contribution in [0.15, 0.2) is 48.5 Å². The van der Waals surface area contributed by atoms with Crippen LogP contribution in [0, 0.1) is 0 Å². The maximum absolute atomic E-state index is 14.9. The SMILES string of the molecule is O=C(Oc1ccc(-c2ccc(O)cc2)cc1)[C@@](F)(N1C(F)(F)C(F)(F)OC(F)(F)C1(F)F)C(F)(F)F. The number of aromatic hydroxyl groups is 1. The third kappa shape index (κ3) is 4.08. The van der Waals surface area contributed by atoms with E-state index >= 15 is 0 Å². The van der Waals surface area contributed by atoms with Crippen LogP contribution in [-0.2, 0) is 9.53 Å². The lowest BCUT2D eigenvalue weighted by molar-refractivity contribution is -0.583. The van der Waals surface area contributed by atoms with Crippen LogP contribution in [0.4, 0.5) is 52.7 Å². The highest BCUT2D eigenvalue weighted by Crippen LogP contribution is 2.60. The first-order valence-electron chi connectivity index (χ1n) is 9.08. The minimum absolute atomic E-state index is 0.149. The first kappa shape index (κ1) is 27.4. The zero-order valence-electron chi connectivity index (χ0n) is 16.8. The van der Waals surface area contributed by atoms with Gasteiger partial charge >= 0.3 is 42.2 Å². The molecular weight excluding hydrogens is 534 g/mol. The summed E-state index contributed by atoms with van der Waals surface area (Å²) < 4.78 is 170. The van der Waals surface area contributed by atoms with Crippen molar-refractivity contribution in [3.63, 3.8) is 0 Å². The summed E-state index contributed by atoms with van der Waals surface area (Å²) in [7, 11) is 0. The van der Waals surface area contributed by atoms with Gasteiger partial charge in [0.25, 0.3) is 0 Å². The van der Waals surface area contributed by atoms with Crippen molar-refractivity contribution in [1.82, 2.24) is 4.90 Å². The number of benzene rings is 2. The topological polar surface area (TPSA) is 59.0 Å². The first-order chi connectivity index (χ1) is 16.2. The summed E-state index contributed by atoms with van der Waals surface area (Å²) >= 11 is 0. The lowest BCUT2D eigenvalue weighted by Crippen LogP contribution is -2.82. The Morgan fingerprint density at radius 3 is 1.53 bits per heavy atom. The molecule has 1 aliphatic heterocycles. The van der Waals surface area contributed by atoms with Crippen LogP contribution in [0.25, 0.3) is 11.1 Å². The quantitative estimate of drug-likeness (QED) is 0.226. The highest BCUT2D eigenvalue weighted by molar-refractivity contribution is 5.82. The fourth-order valence-electron chi connectivity index (χ4n) is 2.99. The lowest BCUT2D eigenvalue weighted by atomic mass is 10.1. The molecule has 1 N–H and O–H groups in total. The Bertz CT molecular complexity index is 1110. The molecule has 0 saturated carbocycles. The van der Waals surface area contributed by atoms with Gasteiger partial charge in [-0.25, -0.2) is 13.9 Å². The Labute approximate surface area is 191 Å². The molecule has 2 aromatic rings. The fourth-order valence-corrected chi connectivity index (χ4v) is 2.99. The van der Waals surface area contributed by atoms with Crippen molar-refractivity contribution in [1.29, 1.82) is 0 Å². The molecule has 0 bridgehead atoms. The summed E-state index contributed by atoms with van der Waals surface area (Å²) in [6, 6.07) is -5.95. The normalized spacial score (nSPS) is 22.4. The van der Waals surface area contributed by atoms with E-state index in [-0.39, 0.29) is 11.3 Å². The van der Waals surface area contributed by atoms with Crippen molar-refractivity contribution in [2.75, 3.05) is 0 Å². The number of esters is 1. The number of hydrogen-bond acceptors (Lipinski definition) is 5. The van der Waals surface area contributed by atoms with Gasteiger partial charge in [-0.05, 0) is 35.4 Å². The number of carbonyl (C=O) groups is 1. The second-order valence-electron chi connectivity index (χ2n) is 7.13. The van der Waals surface area contributed by atoms with Crippen molar-refractivity contribution in [3.8, 4) is 22.6 Å². The van der Waals surface area contributed by atoms with Crippen LogP contribution in [0.2, 0.25) is 0 Å². The number of ether oxygens (including phenoxy) is 2. The molecule has 0 amide bonds. The maximum atomic E-state index is 14.9. The van der Waals surface area contributed by atoms with Gasteiger partial charge in [0.2, 0.25) is 0 Å². The summed E-state index contributed by atoms with van der Waals surface area (Å²) in [6.07, 6.45) is -20.9. The number of morpholine rings is 1. The number of halogens is 12. The zero-order chi connectivity index (χ0) is 27.5. The van der Waals surface area contributed by atoms with Crippen LogP contribution < -0.4 is 4.74 Å². The molecule has 3 rings (SSSR count). The number of nitrogens with zero attached hydrogens (tertiary/aromatic N) is 1. The molecule has 0 spiro atoms. The molecule has 198 valence electrons. The summed E-state index contributed by atoms with van der Waals surface area (Å²) in [5.74, 6) is -11.9. The molecule has 0 radical (unpaired) electrons. The van der Waals surface area contributed by atoms with Gasteiger partial charge in [-0.1, -0.05) is 24.3 Å². The predicted molar refractivity (Wildman–Crippen MR) is 91.8 cm³/mol. The molecule has 1 heterocycles. The number of hydrogen-bond donors (Lipinski definition) is 1. The van der Waals surface area contributed by atoms with E-state index in [1.807, 2.05) is 4.74 Å². The Morgan fingerprint density at radius 2 is 1.14 bits per heavy atom. The van der Waals surface area contributed by atoms with Crippen LogP contribution >= 0.6 is 0 Å². The van der Waals surface area contributed by atoms with Gasteiger partial charge in [0, 0.05) is 0 Å². The Hall–Kier alpha value is -3.21. The zero-order valence-corrected chi connectivity index (χ0v) is 16.8. The molecule has 0 unspecified atom stereocenters. The van der Waals surface area contributed by atoms with Gasteiger partial charge in [-0.3, -0.25) is 0 Å². The van der Waals surface area contributed by atoms with Gasteiger partial charge in [0.05, 0.1) is 0 Å². The summed E-state index contributed by atoms with van der Waals surface area (Å²) in [4.78, 5) is 8.38. The van der Waals surface area contributed by atoms with E-state index in [0.717, 1.165) is 12.1 Å². The van der Waals surface area contributed by atoms with E-state index in [1.54, 1.807) is 0 Å². The molecule has 36 heavy (non-hydrogen) atoms. The Morgan fingerprint density at radius 1 is 0.750 bits per heavy atom. The van der Waals surface area contributed by atoms with E-state index in [4.69, 9.17) is 0 Å². The number of alkyl halides is 12. The number of carbonyl (C=O) groups excluding carboxylic acids is 1. The number of phenols is 1. The number of phenolic OH excluding ortho intramolecular Hbond substituents is 1. The summed E-state index contributed by atoms with van der Waals surface area (Å²) in [6.45, 7) is 0. The van der Waals surface area contributed by atoms with Crippen molar-refractivity contribution >= 4 is 5.97 Å². The Balaban J connectivity index is 2.05. The van der Waals surface area contributed by atoms with Crippen molar-refractivity contribution < 1.29 is 72.1 Å². The molecule has 17 heteroatoms. The molecule has 0 aliphatic carbocycles. The molecule has 1 fully saturated rings. The van der Waals surface area contributed by atoms with Crippen molar-refractivity contribution in [2.45, 2.75) is 36.3 Å². The standard InChI is InChI=1S/C19H9F12NO4/c20-14(15(21,22)23,32-16(24,25)18(28,29)36-19(30,31)17(32,26)27)13(34)35-12-7-3-10(4-8-12)9-1-5-11(33)6-2-9/h1-8,33H/t14-/m1/s1. The molecule has 2 aromatic carbocycles. The molecule has 1 aliphatic rings.